The molecule has 2 unspecified atom stereocenters. The van der Waals surface area contributed by atoms with Crippen molar-refractivity contribution in [2.75, 3.05) is 6.61 Å². The lowest BCUT2D eigenvalue weighted by Crippen LogP contribution is -2.45. The fourth-order valence-electron chi connectivity index (χ4n) is 4.41. The van der Waals surface area contributed by atoms with Crippen LogP contribution in [-0.4, -0.2) is 34.9 Å². The highest BCUT2D eigenvalue weighted by Gasteiger charge is 2.19. The molecule has 38 heavy (non-hydrogen) atoms. The van der Waals surface area contributed by atoms with Gasteiger partial charge in [0, 0.05) is 6.42 Å². The predicted molar refractivity (Wildman–Crippen MR) is 165 cm³/mol. The Bertz CT molecular complexity index is 623. The Morgan fingerprint density at radius 3 is 1.74 bits per heavy atom. The first-order valence-electron chi connectivity index (χ1n) is 15.8. The smallest absolute Gasteiger partial charge is 0.220 e. The third-order valence-corrected chi connectivity index (χ3v) is 6.85. The number of unbranched alkanes of at least 4 members (excludes halogenated alkanes) is 12. The molecule has 0 rings (SSSR count). The van der Waals surface area contributed by atoms with Crippen LogP contribution in [0.3, 0.4) is 0 Å². The van der Waals surface area contributed by atoms with Gasteiger partial charge in [0.15, 0.2) is 0 Å². The molecule has 0 bridgehead atoms. The van der Waals surface area contributed by atoms with E-state index in [-0.39, 0.29) is 12.5 Å². The summed E-state index contributed by atoms with van der Waals surface area (Å²) in [6.07, 6.45) is 38.7. The minimum atomic E-state index is -0.667. The fourth-order valence-corrected chi connectivity index (χ4v) is 4.41. The molecular formula is C34H61NO3. The Morgan fingerprint density at radius 1 is 0.658 bits per heavy atom. The first-order valence-corrected chi connectivity index (χ1v) is 15.8. The Labute approximate surface area is 235 Å². The molecule has 0 radical (unpaired) electrons. The number of hydrogen-bond acceptors (Lipinski definition) is 3. The molecule has 0 aliphatic heterocycles. The lowest BCUT2D eigenvalue weighted by molar-refractivity contribution is -0.123. The number of aliphatic hydroxyl groups excluding tert-OH is 2. The van der Waals surface area contributed by atoms with Crippen molar-refractivity contribution in [3.8, 4) is 0 Å². The van der Waals surface area contributed by atoms with E-state index < -0.39 is 12.1 Å². The summed E-state index contributed by atoms with van der Waals surface area (Å²) in [4.78, 5) is 12.2. The molecule has 3 N–H and O–H groups in total. The van der Waals surface area contributed by atoms with Crippen LogP contribution in [0.4, 0.5) is 0 Å². The summed E-state index contributed by atoms with van der Waals surface area (Å²) < 4.78 is 0. The van der Waals surface area contributed by atoms with Crippen molar-refractivity contribution in [3.63, 3.8) is 0 Å². The van der Waals surface area contributed by atoms with Crippen LogP contribution in [0.25, 0.3) is 0 Å². The second-order valence-electron chi connectivity index (χ2n) is 10.5. The van der Waals surface area contributed by atoms with Crippen molar-refractivity contribution in [2.24, 2.45) is 0 Å². The number of allylic oxidation sites excluding steroid dienone is 8. The molecule has 0 fully saturated rings. The minimum Gasteiger partial charge on any atom is -0.394 e. The van der Waals surface area contributed by atoms with E-state index in [0.717, 1.165) is 70.6 Å². The van der Waals surface area contributed by atoms with Crippen LogP contribution in [-0.2, 0) is 4.79 Å². The summed E-state index contributed by atoms with van der Waals surface area (Å²) in [5, 5.41) is 22.8. The van der Waals surface area contributed by atoms with Crippen LogP contribution < -0.4 is 5.32 Å². The van der Waals surface area contributed by atoms with Crippen LogP contribution in [0.15, 0.2) is 48.6 Å². The van der Waals surface area contributed by atoms with E-state index in [1.165, 1.54) is 44.9 Å². The van der Waals surface area contributed by atoms with E-state index in [1.807, 2.05) is 0 Å². The molecule has 220 valence electrons. The molecule has 0 aromatic carbocycles. The zero-order valence-electron chi connectivity index (χ0n) is 24.9. The van der Waals surface area contributed by atoms with Crippen LogP contribution >= 0.6 is 0 Å². The van der Waals surface area contributed by atoms with Gasteiger partial charge in [0.05, 0.1) is 18.8 Å². The van der Waals surface area contributed by atoms with Crippen molar-refractivity contribution < 1.29 is 15.0 Å². The SMILES string of the molecule is CC/C=C\C/C=C\C/C=C\C/C=C\CCCCCCC(=O)NC(CO)C(O)CCCCCCCCCCC. The zero-order valence-corrected chi connectivity index (χ0v) is 24.9. The van der Waals surface area contributed by atoms with Gasteiger partial charge in [0.1, 0.15) is 0 Å². The molecule has 0 aliphatic carbocycles. The average molecular weight is 532 g/mol. The summed E-state index contributed by atoms with van der Waals surface area (Å²) in [7, 11) is 0. The van der Waals surface area contributed by atoms with Gasteiger partial charge in [0.25, 0.3) is 0 Å². The fraction of sp³-hybridized carbons (Fsp3) is 0.735. The molecule has 0 aromatic rings. The Hall–Kier alpha value is -1.65. The molecule has 0 spiro atoms. The van der Waals surface area contributed by atoms with Gasteiger partial charge in [-0.1, -0.05) is 133 Å². The lowest BCUT2D eigenvalue weighted by Gasteiger charge is -2.22. The third kappa shape index (κ3) is 26.0. The van der Waals surface area contributed by atoms with Crippen molar-refractivity contribution in [1.82, 2.24) is 5.32 Å². The van der Waals surface area contributed by atoms with Crippen LogP contribution in [0.5, 0.6) is 0 Å². The van der Waals surface area contributed by atoms with Crippen molar-refractivity contribution in [2.45, 2.75) is 154 Å². The summed E-state index contributed by atoms with van der Waals surface area (Å²) in [5.41, 5.74) is 0. The lowest BCUT2D eigenvalue weighted by atomic mass is 10.0. The Morgan fingerprint density at radius 2 is 1.16 bits per heavy atom. The minimum absolute atomic E-state index is 0.0610. The van der Waals surface area contributed by atoms with Crippen molar-refractivity contribution in [3.05, 3.63) is 48.6 Å². The van der Waals surface area contributed by atoms with E-state index in [4.69, 9.17) is 0 Å². The van der Waals surface area contributed by atoms with Gasteiger partial charge in [-0.3, -0.25) is 4.79 Å². The molecule has 4 nitrogen and oxygen atoms in total. The molecule has 2 atom stereocenters. The van der Waals surface area contributed by atoms with Crippen molar-refractivity contribution in [1.29, 1.82) is 0 Å². The van der Waals surface area contributed by atoms with Crippen LogP contribution in [0.1, 0.15) is 142 Å². The van der Waals surface area contributed by atoms with Gasteiger partial charge >= 0.3 is 0 Å². The second-order valence-corrected chi connectivity index (χ2v) is 10.5. The van der Waals surface area contributed by atoms with Gasteiger partial charge in [-0.25, -0.2) is 0 Å². The number of rotatable bonds is 27. The maximum Gasteiger partial charge on any atom is 0.220 e. The van der Waals surface area contributed by atoms with Gasteiger partial charge in [-0.2, -0.15) is 0 Å². The van der Waals surface area contributed by atoms with E-state index in [2.05, 4.69) is 67.8 Å². The second kappa shape index (κ2) is 29.9. The highest BCUT2D eigenvalue weighted by molar-refractivity contribution is 5.76. The monoisotopic (exact) mass is 531 g/mol. The normalized spacial score (nSPS) is 13.9. The zero-order chi connectivity index (χ0) is 27.9. The maximum absolute atomic E-state index is 12.2. The molecule has 4 heteroatoms. The molecule has 0 saturated heterocycles. The average Bonchev–Trinajstić information content (AvgIpc) is 2.92. The number of aliphatic hydroxyl groups is 2. The standard InChI is InChI=1S/C34H61NO3/c1-3-5-7-9-11-13-14-15-16-17-18-19-20-22-24-26-28-30-34(38)35-32(31-36)33(37)29-27-25-23-21-12-10-8-6-4-2/h5,7,11,13,15-16,18-19,32-33,36-37H,3-4,6,8-10,12,14,17,20-31H2,1-2H3,(H,35,38)/b7-5-,13-11-,16-15-,19-18-. The first-order chi connectivity index (χ1) is 18.7. The number of hydrogen-bond donors (Lipinski definition) is 3. The number of nitrogens with one attached hydrogen (secondary N) is 1. The molecule has 0 heterocycles. The van der Waals surface area contributed by atoms with Crippen LogP contribution in [0, 0.1) is 0 Å². The van der Waals surface area contributed by atoms with Crippen molar-refractivity contribution >= 4 is 5.91 Å². The van der Waals surface area contributed by atoms with Crippen LogP contribution in [0.2, 0.25) is 0 Å². The largest absolute Gasteiger partial charge is 0.394 e. The predicted octanol–water partition coefficient (Wildman–Crippen LogP) is 8.89. The number of carbonyl (C=O) groups is 1. The van der Waals surface area contributed by atoms with E-state index in [1.54, 1.807) is 0 Å². The number of carbonyl (C=O) groups excluding carboxylic acids is 1. The maximum atomic E-state index is 12.2. The molecule has 0 aliphatic rings. The summed E-state index contributed by atoms with van der Waals surface area (Å²) in [6, 6.07) is -0.547. The summed E-state index contributed by atoms with van der Waals surface area (Å²) >= 11 is 0. The Balaban J connectivity index is 3.69. The van der Waals surface area contributed by atoms with Gasteiger partial charge in [0.2, 0.25) is 5.91 Å². The molecule has 0 saturated carbocycles. The van der Waals surface area contributed by atoms with Gasteiger partial charge in [-0.05, 0) is 51.4 Å². The third-order valence-electron chi connectivity index (χ3n) is 6.85. The van der Waals surface area contributed by atoms with E-state index in [0.29, 0.717) is 12.8 Å². The quantitative estimate of drug-likeness (QED) is 0.0732. The Kier molecular flexibility index (Phi) is 28.6. The first kappa shape index (κ1) is 36.4. The molecule has 0 aromatic heterocycles. The van der Waals surface area contributed by atoms with Gasteiger partial charge in [-0.15, -0.1) is 0 Å². The van der Waals surface area contributed by atoms with Gasteiger partial charge < -0.3 is 15.5 Å². The summed E-state index contributed by atoms with van der Waals surface area (Å²) in [5.74, 6) is -0.0610. The topological polar surface area (TPSA) is 69.6 Å². The highest BCUT2D eigenvalue weighted by atomic mass is 16.3. The number of amides is 1. The van der Waals surface area contributed by atoms with E-state index >= 15 is 0 Å². The molecule has 1 amide bonds. The summed E-state index contributed by atoms with van der Waals surface area (Å²) in [6.45, 7) is 4.18. The highest BCUT2D eigenvalue weighted by Crippen LogP contribution is 2.13. The van der Waals surface area contributed by atoms with E-state index in [9.17, 15) is 15.0 Å². The molecular weight excluding hydrogens is 470 g/mol.